The molecular formula is C12H19N5. The van der Waals surface area contributed by atoms with Gasteiger partial charge in [-0.25, -0.2) is 4.98 Å². The minimum absolute atomic E-state index is 0.000696. The summed E-state index contributed by atoms with van der Waals surface area (Å²) in [5, 5.41) is 4.44. The first-order valence-electron chi connectivity index (χ1n) is 5.88. The Balaban J connectivity index is 2.28. The second-order valence-electron chi connectivity index (χ2n) is 4.36. The van der Waals surface area contributed by atoms with Crippen molar-refractivity contribution in [1.82, 2.24) is 19.3 Å². The number of imidazole rings is 1. The molecule has 0 bridgehead atoms. The molecule has 2 N–H and O–H groups in total. The molecule has 5 nitrogen and oxygen atoms in total. The topological polar surface area (TPSA) is 61.7 Å². The van der Waals surface area contributed by atoms with E-state index in [1.165, 1.54) is 5.56 Å². The fourth-order valence-electron chi connectivity index (χ4n) is 2.04. The van der Waals surface area contributed by atoms with Gasteiger partial charge in [-0.1, -0.05) is 6.92 Å². The van der Waals surface area contributed by atoms with Gasteiger partial charge in [-0.15, -0.1) is 0 Å². The Morgan fingerprint density at radius 3 is 2.88 bits per heavy atom. The first-order chi connectivity index (χ1) is 8.11. The van der Waals surface area contributed by atoms with Gasteiger partial charge in [0, 0.05) is 31.0 Å². The van der Waals surface area contributed by atoms with E-state index < -0.39 is 0 Å². The SMILES string of the molecule is CCc1nn(C)cc1Cn1cncc1[C@@H](C)N. The number of hydrogen-bond acceptors (Lipinski definition) is 3. The molecule has 2 heterocycles. The zero-order chi connectivity index (χ0) is 12.4. The molecule has 0 unspecified atom stereocenters. The van der Waals surface area contributed by atoms with Gasteiger partial charge >= 0.3 is 0 Å². The summed E-state index contributed by atoms with van der Waals surface area (Å²) in [6.07, 6.45) is 6.65. The summed E-state index contributed by atoms with van der Waals surface area (Å²) in [5.41, 5.74) is 9.33. The van der Waals surface area contributed by atoms with Crippen LogP contribution in [0, 0.1) is 0 Å². The molecule has 17 heavy (non-hydrogen) atoms. The van der Waals surface area contributed by atoms with Crippen molar-refractivity contribution in [2.45, 2.75) is 32.9 Å². The second kappa shape index (κ2) is 4.71. The van der Waals surface area contributed by atoms with E-state index in [1.54, 1.807) is 0 Å². The molecule has 5 heteroatoms. The van der Waals surface area contributed by atoms with Crippen molar-refractivity contribution in [3.63, 3.8) is 0 Å². The monoisotopic (exact) mass is 233 g/mol. The zero-order valence-electron chi connectivity index (χ0n) is 10.6. The van der Waals surface area contributed by atoms with Gasteiger partial charge in [0.2, 0.25) is 0 Å². The van der Waals surface area contributed by atoms with Crippen LogP contribution in [-0.4, -0.2) is 19.3 Å². The average Bonchev–Trinajstić information content (AvgIpc) is 2.85. The van der Waals surface area contributed by atoms with E-state index in [9.17, 15) is 0 Å². The predicted molar refractivity (Wildman–Crippen MR) is 66.5 cm³/mol. The van der Waals surface area contributed by atoms with Crippen molar-refractivity contribution in [2.24, 2.45) is 12.8 Å². The lowest BCUT2D eigenvalue weighted by Gasteiger charge is -2.10. The van der Waals surface area contributed by atoms with E-state index in [4.69, 9.17) is 5.73 Å². The van der Waals surface area contributed by atoms with Crippen LogP contribution in [0.15, 0.2) is 18.7 Å². The third-order valence-corrected chi connectivity index (χ3v) is 2.88. The van der Waals surface area contributed by atoms with Crippen molar-refractivity contribution in [2.75, 3.05) is 0 Å². The highest BCUT2D eigenvalue weighted by molar-refractivity contribution is 5.19. The molecule has 0 aliphatic carbocycles. The minimum atomic E-state index is -0.000696. The van der Waals surface area contributed by atoms with Crippen molar-refractivity contribution in [1.29, 1.82) is 0 Å². The summed E-state index contributed by atoms with van der Waals surface area (Å²) in [6.45, 7) is 4.87. The standard InChI is InChI=1S/C12H19N5/c1-4-11-10(6-16(3)15-11)7-17-8-14-5-12(17)9(2)13/h5-6,8-9H,4,7,13H2,1-3H3/t9-/m1/s1. The molecule has 2 aromatic heterocycles. The van der Waals surface area contributed by atoms with Gasteiger partial charge in [-0.2, -0.15) is 5.10 Å². The van der Waals surface area contributed by atoms with E-state index in [0.29, 0.717) is 0 Å². The fourth-order valence-corrected chi connectivity index (χ4v) is 2.04. The average molecular weight is 233 g/mol. The number of rotatable bonds is 4. The summed E-state index contributed by atoms with van der Waals surface area (Å²) >= 11 is 0. The maximum absolute atomic E-state index is 5.91. The van der Waals surface area contributed by atoms with Crippen LogP contribution in [0.25, 0.3) is 0 Å². The molecule has 2 aromatic rings. The van der Waals surface area contributed by atoms with E-state index >= 15 is 0 Å². The first kappa shape index (κ1) is 11.9. The lowest BCUT2D eigenvalue weighted by atomic mass is 10.2. The number of nitrogens with two attached hydrogens (primary N) is 1. The summed E-state index contributed by atoms with van der Waals surface area (Å²) in [4.78, 5) is 4.16. The quantitative estimate of drug-likeness (QED) is 0.864. The van der Waals surface area contributed by atoms with Crippen LogP contribution in [0.1, 0.15) is 36.8 Å². The first-order valence-corrected chi connectivity index (χ1v) is 5.88. The van der Waals surface area contributed by atoms with Gasteiger partial charge in [0.15, 0.2) is 0 Å². The highest BCUT2D eigenvalue weighted by Gasteiger charge is 2.10. The Morgan fingerprint density at radius 1 is 1.47 bits per heavy atom. The van der Waals surface area contributed by atoms with Crippen molar-refractivity contribution in [3.05, 3.63) is 35.7 Å². The maximum Gasteiger partial charge on any atom is 0.0951 e. The molecule has 1 atom stereocenters. The molecule has 0 aliphatic rings. The largest absolute Gasteiger partial charge is 0.329 e. The molecular weight excluding hydrogens is 214 g/mol. The van der Waals surface area contributed by atoms with Gasteiger partial charge in [0.25, 0.3) is 0 Å². The highest BCUT2D eigenvalue weighted by Crippen LogP contribution is 2.14. The summed E-state index contributed by atoms with van der Waals surface area (Å²) in [7, 11) is 1.95. The number of aromatic nitrogens is 4. The van der Waals surface area contributed by atoms with E-state index in [2.05, 4.69) is 27.8 Å². The van der Waals surface area contributed by atoms with Gasteiger partial charge < -0.3 is 10.3 Å². The Morgan fingerprint density at radius 2 is 2.24 bits per heavy atom. The molecule has 2 rings (SSSR count). The van der Waals surface area contributed by atoms with E-state index in [-0.39, 0.29) is 6.04 Å². The number of aryl methyl sites for hydroxylation is 2. The van der Waals surface area contributed by atoms with Crippen molar-refractivity contribution in [3.8, 4) is 0 Å². The van der Waals surface area contributed by atoms with Crippen LogP contribution >= 0.6 is 0 Å². The third-order valence-electron chi connectivity index (χ3n) is 2.88. The van der Waals surface area contributed by atoms with Crippen molar-refractivity contribution < 1.29 is 0 Å². The Kier molecular flexibility index (Phi) is 3.28. The van der Waals surface area contributed by atoms with Gasteiger partial charge in [0.1, 0.15) is 0 Å². The van der Waals surface area contributed by atoms with Gasteiger partial charge in [0.05, 0.1) is 24.3 Å². The van der Waals surface area contributed by atoms with Crippen LogP contribution in [0.4, 0.5) is 0 Å². The van der Waals surface area contributed by atoms with Crippen molar-refractivity contribution >= 4 is 0 Å². The van der Waals surface area contributed by atoms with Crippen LogP contribution in [-0.2, 0) is 20.0 Å². The van der Waals surface area contributed by atoms with Gasteiger partial charge in [-0.3, -0.25) is 4.68 Å². The molecule has 0 fully saturated rings. The normalized spacial score (nSPS) is 12.9. The lowest BCUT2D eigenvalue weighted by molar-refractivity contribution is 0.671. The third kappa shape index (κ3) is 2.39. The lowest BCUT2D eigenvalue weighted by Crippen LogP contribution is -2.12. The molecule has 0 aromatic carbocycles. The zero-order valence-corrected chi connectivity index (χ0v) is 10.6. The molecule has 0 saturated heterocycles. The Hall–Kier alpha value is -1.62. The summed E-state index contributed by atoms with van der Waals surface area (Å²) in [5.74, 6) is 0. The molecule has 0 spiro atoms. The van der Waals surface area contributed by atoms with Crippen LogP contribution in [0.5, 0.6) is 0 Å². The molecule has 0 amide bonds. The van der Waals surface area contributed by atoms with Crippen LogP contribution in [0.2, 0.25) is 0 Å². The number of hydrogen-bond donors (Lipinski definition) is 1. The Labute approximate surface area is 101 Å². The van der Waals surface area contributed by atoms with Crippen LogP contribution < -0.4 is 5.73 Å². The fraction of sp³-hybridized carbons (Fsp3) is 0.500. The second-order valence-corrected chi connectivity index (χ2v) is 4.36. The molecule has 92 valence electrons. The Bertz CT molecular complexity index is 495. The van der Waals surface area contributed by atoms with E-state index in [0.717, 1.165) is 24.4 Å². The van der Waals surface area contributed by atoms with Gasteiger partial charge in [-0.05, 0) is 13.3 Å². The summed E-state index contributed by atoms with van der Waals surface area (Å²) in [6, 6.07) is -0.000696. The highest BCUT2D eigenvalue weighted by atomic mass is 15.3. The molecule has 0 radical (unpaired) electrons. The number of nitrogens with zero attached hydrogens (tertiary/aromatic N) is 4. The molecule has 0 saturated carbocycles. The van der Waals surface area contributed by atoms with Crippen LogP contribution in [0.3, 0.4) is 0 Å². The van der Waals surface area contributed by atoms with E-state index in [1.807, 2.05) is 31.2 Å². The predicted octanol–water partition coefficient (Wildman–Crippen LogP) is 1.25. The molecule has 0 aliphatic heterocycles. The maximum atomic E-state index is 5.91. The summed E-state index contributed by atoms with van der Waals surface area (Å²) < 4.78 is 3.94. The smallest absolute Gasteiger partial charge is 0.0951 e. The minimum Gasteiger partial charge on any atom is -0.329 e.